The summed E-state index contributed by atoms with van der Waals surface area (Å²) in [6.07, 6.45) is 0.503. The number of carbonyl (C=O) groups is 1. The molecule has 1 amide bonds. The van der Waals surface area contributed by atoms with Crippen LogP contribution < -0.4 is 4.90 Å². The Morgan fingerprint density at radius 1 is 1.17 bits per heavy atom. The third-order valence-corrected chi connectivity index (χ3v) is 5.70. The maximum Gasteiger partial charge on any atom is 0.227 e. The number of benzene rings is 2. The predicted octanol–water partition coefficient (Wildman–Crippen LogP) is 4.16. The fraction of sp³-hybridized carbons (Fsp3) is 0.263. The molecule has 0 bridgehead atoms. The van der Waals surface area contributed by atoms with E-state index in [4.69, 9.17) is 4.98 Å². The second kappa shape index (κ2) is 5.74. The van der Waals surface area contributed by atoms with Crippen LogP contribution in [0.5, 0.6) is 0 Å². The molecule has 0 aliphatic carbocycles. The Labute approximate surface area is 149 Å². The van der Waals surface area contributed by atoms with Crippen LogP contribution in [0.3, 0.4) is 0 Å². The summed E-state index contributed by atoms with van der Waals surface area (Å²) >= 11 is 3.55. The second-order valence-corrected chi connectivity index (χ2v) is 7.16. The zero-order valence-electron chi connectivity index (χ0n) is 13.7. The quantitative estimate of drug-likeness (QED) is 0.665. The topological polar surface area (TPSA) is 38.1 Å². The molecule has 1 aliphatic rings. The van der Waals surface area contributed by atoms with E-state index in [0.29, 0.717) is 13.0 Å². The van der Waals surface area contributed by atoms with Gasteiger partial charge in [-0.15, -0.1) is 0 Å². The Balaban J connectivity index is 1.71. The van der Waals surface area contributed by atoms with Crippen molar-refractivity contribution in [2.24, 2.45) is 7.05 Å². The van der Waals surface area contributed by atoms with E-state index in [-0.39, 0.29) is 11.8 Å². The van der Waals surface area contributed by atoms with Crippen LogP contribution in [-0.4, -0.2) is 22.0 Å². The molecule has 2 heterocycles. The number of amides is 1. The predicted molar refractivity (Wildman–Crippen MR) is 99.3 cm³/mol. The van der Waals surface area contributed by atoms with Crippen LogP contribution in [0, 0.1) is 6.92 Å². The van der Waals surface area contributed by atoms with E-state index in [9.17, 15) is 4.79 Å². The molecule has 1 unspecified atom stereocenters. The molecule has 0 N–H and O–H groups in total. The van der Waals surface area contributed by atoms with E-state index in [1.807, 2.05) is 55.3 Å². The molecule has 0 radical (unpaired) electrons. The summed E-state index contributed by atoms with van der Waals surface area (Å²) in [7, 11) is 2.03. The molecule has 2 aromatic carbocycles. The summed E-state index contributed by atoms with van der Waals surface area (Å²) in [6.45, 7) is 2.71. The molecule has 24 heavy (non-hydrogen) atoms. The highest BCUT2D eigenvalue weighted by molar-refractivity contribution is 9.10. The minimum Gasteiger partial charge on any atom is -0.331 e. The van der Waals surface area contributed by atoms with Crippen molar-refractivity contribution in [3.05, 3.63) is 58.3 Å². The zero-order chi connectivity index (χ0) is 16.8. The molecule has 0 spiro atoms. The minimum absolute atomic E-state index is 0.119. The third kappa shape index (κ3) is 2.35. The van der Waals surface area contributed by atoms with E-state index >= 15 is 0 Å². The Morgan fingerprint density at radius 2 is 1.96 bits per heavy atom. The van der Waals surface area contributed by atoms with Crippen LogP contribution in [0.1, 0.15) is 23.7 Å². The number of anilines is 1. The van der Waals surface area contributed by atoms with Gasteiger partial charge in [0.1, 0.15) is 5.82 Å². The average Bonchev–Trinajstić information content (AvgIpc) is 3.11. The van der Waals surface area contributed by atoms with Crippen LogP contribution in [-0.2, 0) is 11.8 Å². The molecule has 1 aliphatic heterocycles. The van der Waals surface area contributed by atoms with Crippen molar-refractivity contribution in [3.8, 4) is 0 Å². The number of rotatable bonds is 2. The van der Waals surface area contributed by atoms with E-state index in [2.05, 4.69) is 26.6 Å². The summed E-state index contributed by atoms with van der Waals surface area (Å²) in [5, 5.41) is 0. The summed E-state index contributed by atoms with van der Waals surface area (Å²) in [6, 6.07) is 14.1. The lowest BCUT2D eigenvalue weighted by atomic mass is 10.1. The second-order valence-electron chi connectivity index (χ2n) is 6.31. The standard InChI is InChI=1S/C19H18BrN3O/c1-12-14(20)6-5-9-16(12)23-11-13(10-18(23)24)19-21-15-7-3-4-8-17(15)22(19)2/h3-9,13H,10-11H2,1-2H3. The first kappa shape index (κ1) is 15.4. The van der Waals surface area contributed by atoms with Gasteiger partial charge in [0.2, 0.25) is 5.91 Å². The first-order chi connectivity index (χ1) is 11.6. The lowest BCUT2D eigenvalue weighted by molar-refractivity contribution is -0.117. The third-order valence-electron chi connectivity index (χ3n) is 4.84. The molecule has 4 nitrogen and oxygen atoms in total. The minimum atomic E-state index is 0.119. The molecule has 4 rings (SSSR count). The molecule has 5 heteroatoms. The molecule has 3 aromatic rings. The molecule has 122 valence electrons. The van der Waals surface area contributed by atoms with Crippen molar-refractivity contribution in [1.82, 2.24) is 9.55 Å². The Bertz CT molecular complexity index is 947. The van der Waals surface area contributed by atoms with Crippen molar-refractivity contribution >= 4 is 38.6 Å². The van der Waals surface area contributed by atoms with Crippen LogP contribution in [0.4, 0.5) is 5.69 Å². The number of carbonyl (C=O) groups excluding carboxylic acids is 1. The molecule has 1 atom stereocenters. The van der Waals surface area contributed by atoms with Crippen molar-refractivity contribution in [3.63, 3.8) is 0 Å². The Hall–Kier alpha value is -2.14. The number of nitrogens with zero attached hydrogens (tertiary/aromatic N) is 3. The number of imidazole rings is 1. The normalized spacial score (nSPS) is 17.9. The van der Waals surface area contributed by atoms with Crippen molar-refractivity contribution < 1.29 is 4.79 Å². The first-order valence-corrected chi connectivity index (χ1v) is 8.82. The average molecular weight is 384 g/mol. The SMILES string of the molecule is Cc1c(Br)cccc1N1CC(c2nc3ccccc3n2C)CC1=O. The number of halogens is 1. The van der Waals surface area contributed by atoms with E-state index in [1.54, 1.807) is 0 Å². The van der Waals surface area contributed by atoms with Gasteiger partial charge in [-0.2, -0.15) is 0 Å². The van der Waals surface area contributed by atoms with Crippen LogP contribution in [0.2, 0.25) is 0 Å². The van der Waals surface area contributed by atoms with E-state index in [0.717, 1.165) is 32.6 Å². The van der Waals surface area contributed by atoms with Crippen LogP contribution in [0.25, 0.3) is 11.0 Å². The van der Waals surface area contributed by atoms with Crippen LogP contribution >= 0.6 is 15.9 Å². The van der Waals surface area contributed by atoms with Gasteiger partial charge in [-0.05, 0) is 36.8 Å². The summed E-state index contributed by atoms with van der Waals surface area (Å²) < 4.78 is 3.14. The maximum atomic E-state index is 12.6. The summed E-state index contributed by atoms with van der Waals surface area (Å²) in [4.78, 5) is 19.3. The molecular weight excluding hydrogens is 366 g/mol. The number of fused-ring (bicyclic) bond motifs is 1. The van der Waals surface area contributed by atoms with Crippen molar-refractivity contribution in [1.29, 1.82) is 0 Å². The van der Waals surface area contributed by atoms with Crippen LogP contribution in [0.15, 0.2) is 46.9 Å². The lowest BCUT2D eigenvalue weighted by Gasteiger charge is -2.19. The molecule has 1 saturated heterocycles. The highest BCUT2D eigenvalue weighted by Crippen LogP contribution is 2.35. The Kier molecular flexibility index (Phi) is 3.68. The number of para-hydroxylation sites is 2. The smallest absolute Gasteiger partial charge is 0.227 e. The fourth-order valence-corrected chi connectivity index (χ4v) is 3.89. The van der Waals surface area contributed by atoms with Gasteiger partial charge in [0.15, 0.2) is 0 Å². The van der Waals surface area contributed by atoms with E-state index < -0.39 is 0 Å². The largest absolute Gasteiger partial charge is 0.331 e. The van der Waals surface area contributed by atoms with Gasteiger partial charge in [-0.25, -0.2) is 4.98 Å². The number of aryl methyl sites for hydroxylation is 1. The van der Waals surface area contributed by atoms with Crippen molar-refractivity contribution in [2.45, 2.75) is 19.3 Å². The number of hydrogen-bond acceptors (Lipinski definition) is 2. The molecule has 0 saturated carbocycles. The summed E-state index contributed by atoms with van der Waals surface area (Å²) in [5.41, 5.74) is 4.17. The Morgan fingerprint density at radius 3 is 2.75 bits per heavy atom. The molecule has 1 fully saturated rings. The summed E-state index contributed by atoms with van der Waals surface area (Å²) in [5.74, 6) is 1.27. The maximum absolute atomic E-state index is 12.6. The zero-order valence-corrected chi connectivity index (χ0v) is 15.2. The lowest BCUT2D eigenvalue weighted by Crippen LogP contribution is -2.25. The highest BCUT2D eigenvalue weighted by Gasteiger charge is 2.35. The van der Waals surface area contributed by atoms with Gasteiger partial charge >= 0.3 is 0 Å². The van der Waals surface area contributed by atoms with Gasteiger partial charge in [0.25, 0.3) is 0 Å². The van der Waals surface area contributed by atoms with Crippen molar-refractivity contribution in [2.75, 3.05) is 11.4 Å². The van der Waals surface area contributed by atoms with E-state index in [1.165, 1.54) is 0 Å². The van der Waals surface area contributed by atoms with Gasteiger partial charge in [-0.3, -0.25) is 4.79 Å². The monoisotopic (exact) mass is 383 g/mol. The van der Waals surface area contributed by atoms with Gasteiger partial charge in [-0.1, -0.05) is 34.1 Å². The van der Waals surface area contributed by atoms with Gasteiger partial charge in [0.05, 0.1) is 11.0 Å². The molecule has 1 aromatic heterocycles. The van der Waals surface area contributed by atoms with Gasteiger partial charge < -0.3 is 9.47 Å². The fourth-order valence-electron chi connectivity index (χ4n) is 3.53. The van der Waals surface area contributed by atoms with Gasteiger partial charge in [0, 0.05) is 36.1 Å². The highest BCUT2D eigenvalue weighted by atomic mass is 79.9. The number of hydrogen-bond donors (Lipinski definition) is 0. The molecular formula is C19H18BrN3O. The first-order valence-electron chi connectivity index (χ1n) is 8.03. The number of aromatic nitrogens is 2.